The summed E-state index contributed by atoms with van der Waals surface area (Å²) in [5.41, 5.74) is 2.72. The van der Waals surface area contributed by atoms with Crippen molar-refractivity contribution in [3.63, 3.8) is 0 Å². The molecule has 5 nitrogen and oxygen atoms in total. The monoisotopic (exact) mass is 541 g/mol. The molecule has 0 heterocycles. The molecule has 1 amide bonds. The Bertz CT molecular complexity index is 1080. The Morgan fingerprint density at radius 1 is 0.892 bits per heavy atom. The van der Waals surface area contributed by atoms with Gasteiger partial charge in [0.1, 0.15) is 28.3 Å². The number of ether oxygens (including phenoxy) is 3. The zero-order chi connectivity index (χ0) is 27.0. The van der Waals surface area contributed by atoms with Gasteiger partial charge in [0.05, 0.1) is 26.3 Å². The van der Waals surface area contributed by atoms with Gasteiger partial charge in [-0.1, -0.05) is 48.9 Å². The molecular weight excluding hydrogens is 509 g/mol. The van der Waals surface area contributed by atoms with E-state index < -0.39 is 0 Å². The minimum Gasteiger partial charge on any atom is -0.494 e. The summed E-state index contributed by atoms with van der Waals surface area (Å²) in [7, 11) is 0. The first-order valence-electron chi connectivity index (χ1n) is 12.2. The number of nitrogens with zero attached hydrogens (tertiary/aromatic N) is 1. The average Bonchev–Trinajstić information content (AvgIpc) is 2.90. The second kappa shape index (κ2) is 16.5. The van der Waals surface area contributed by atoms with Gasteiger partial charge in [-0.2, -0.15) is 0 Å². The molecule has 0 saturated heterocycles. The minimum atomic E-state index is -0.200. The van der Waals surface area contributed by atoms with E-state index in [1.54, 1.807) is 30.3 Å². The van der Waals surface area contributed by atoms with Crippen LogP contribution in [0.1, 0.15) is 48.2 Å². The lowest BCUT2D eigenvalue weighted by Crippen LogP contribution is -2.31. The van der Waals surface area contributed by atoms with E-state index in [0.29, 0.717) is 31.1 Å². The van der Waals surface area contributed by atoms with Gasteiger partial charge < -0.3 is 19.1 Å². The van der Waals surface area contributed by atoms with E-state index in [4.69, 9.17) is 50.3 Å². The molecule has 0 unspecified atom stereocenters. The van der Waals surface area contributed by atoms with Gasteiger partial charge in [0, 0.05) is 5.56 Å². The average molecular weight is 543 g/mol. The van der Waals surface area contributed by atoms with Crippen LogP contribution in [-0.2, 0) is 12.8 Å². The first kappa shape index (κ1) is 30.0. The molecule has 2 aromatic rings. The predicted molar refractivity (Wildman–Crippen MR) is 151 cm³/mol. The number of rotatable bonds is 15. The summed E-state index contributed by atoms with van der Waals surface area (Å²) in [6.45, 7) is 5.96. The minimum absolute atomic E-state index is 0.169. The molecule has 0 aromatic heterocycles. The Morgan fingerprint density at radius 2 is 1.46 bits per heavy atom. The zero-order valence-corrected chi connectivity index (χ0v) is 22.9. The number of terminal acetylenes is 2. The van der Waals surface area contributed by atoms with Crippen LogP contribution < -0.4 is 14.2 Å². The number of aryl methyl sites for hydroxylation is 2. The Morgan fingerprint density at radius 3 is 1.97 bits per heavy atom. The van der Waals surface area contributed by atoms with Gasteiger partial charge in [-0.3, -0.25) is 4.79 Å². The maximum Gasteiger partial charge on any atom is 0.255 e. The largest absolute Gasteiger partial charge is 0.494 e. The van der Waals surface area contributed by atoms with Crippen molar-refractivity contribution in [3.8, 4) is 41.9 Å². The number of halogens is 2. The molecule has 37 heavy (non-hydrogen) atoms. The summed E-state index contributed by atoms with van der Waals surface area (Å²) < 4.78 is 17.9. The molecule has 0 aliphatic rings. The van der Waals surface area contributed by atoms with E-state index >= 15 is 0 Å². The van der Waals surface area contributed by atoms with E-state index in [2.05, 4.69) is 25.7 Å². The van der Waals surface area contributed by atoms with Gasteiger partial charge >= 0.3 is 0 Å². The number of carbonyl (C=O) groups is 1. The van der Waals surface area contributed by atoms with Crippen LogP contribution in [0.5, 0.6) is 17.2 Å². The Balaban J connectivity index is 1.83. The molecule has 2 aromatic carbocycles. The van der Waals surface area contributed by atoms with Gasteiger partial charge in [0.15, 0.2) is 0 Å². The van der Waals surface area contributed by atoms with Crippen molar-refractivity contribution in [3.05, 3.63) is 63.7 Å². The van der Waals surface area contributed by atoms with Crippen LogP contribution in [0.15, 0.2) is 47.0 Å². The van der Waals surface area contributed by atoms with Crippen LogP contribution in [-0.4, -0.2) is 43.7 Å². The number of hydrogen-bond acceptors (Lipinski definition) is 4. The first-order chi connectivity index (χ1) is 17.9. The van der Waals surface area contributed by atoms with Crippen LogP contribution in [0, 0.1) is 24.7 Å². The van der Waals surface area contributed by atoms with Crippen molar-refractivity contribution in [1.82, 2.24) is 4.90 Å². The lowest BCUT2D eigenvalue weighted by atomic mass is 10.0. The fraction of sp³-hybridized carbons (Fsp3) is 0.367. The van der Waals surface area contributed by atoms with Crippen molar-refractivity contribution in [1.29, 1.82) is 0 Å². The van der Waals surface area contributed by atoms with Crippen LogP contribution in [0.25, 0.3) is 0 Å². The summed E-state index contributed by atoms with van der Waals surface area (Å²) >= 11 is 11.3. The van der Waals surface area contributed by atoms with E-state index in [9.17, 15) is 4.79 Å². The second-order valence-corrected chi connectivity index (χ2v) is 9.09. The molecule has 0 fully saturated rings. The van der Waals surface area contributed by atoms with Gasteiger partial charge in [-0.05, 0) is 79.3 Å². The van der Waals surface area contributed by atoms with Crippen molar-refractivity contribution >= 4 is 29.1 Å². The predicted octanol–water partition coefficient (Wildman–Crippen LogP) is 6.46. The van der Waals surface area contributed by atoms with E-state index in [1.807, 2.05) is 12.1 Å². The molecule has 0 radical (unpaired) electrons. The number of amides is 1. The van der Waals surface area contributed by atoms with Crippen molar-refractivity contribution < 1.29 is 19.0 Å². The summed E-state index contributed by atoms with van der Waals surface area (Å²) in [6, 6.07) is 11.0. The molecule has 0 N–H and O–H groups in total. The number of unbranched alkanes of at least 4 members (excludes halogenated alkanes) is 1. The smallest absolute Gasteiger partial charge is 0.255 e. The van der Waals surface area contributed by atoms with Crippen molar-refractivity contribution in [2.75, 3.05) is 32.9 Å². The lowest BCUT2D eigenvalue weighted by Gasteiger charge is -2.17. The molecule has 0 spiro atoms. The highest BCUT2D eigenvalue weighted by Crippen LogP contribution is 2.31. The third-order valence-corrected chi connectivity index (χ3v) is 5.78. The Kier molecular flexibility index (Phi) is 13.4. The maximum atomic E-state index is 12.5. The number of carbonyl (C=O) groups excluding carboxylic acids is 1. The number of benzene rings is 2. The molecule has 0 saturated carbocycles. The Hall–Kier alpha value is -3.25. The highest BCUT2D eigenvalue weighted by Gasteiger charge is 2.14. The van der Waals surface area contributed by atoms with E-state index in [0.717, 1.165) is 48.3 Å². The van der Waals surface area contributed by atoms with Crippen LogP contribution in [0.3, 0.4) is 0 Å². The topological polar surface area (TPSA) is 48.0 Å². The number of hydrogen-bond donors (Lipinski definition) is 0. The standard InChI is InChI=1S/C30H33Cl2NO4/c1-5-16-33(17-6-2)30(34)25-11-13-26(14-12-25)35-18-9-10-19-37-29-23(7-3)21-27(22-24(29)8-4)36-20-15-28(31)32/h1-2,11-15,21-22H,7-10,16-20H2,3-4H3. The summed E-state index contributed by atoms with van der Waals surface area (Å²) in [5, 5.41) is 0. The molecule has 0 bridgehead atoms. The van der Waals surface area contributed by atoms with Crippen molar-refractivity contribution in [2.24, 2.45) is 0 Å². The summed E-state index contributed by atoms with van der Waals surface area (Å²) in [6.07, 6.45) is 15.6. The third-order valence-electron chi connectivity index (χ3n) is 5.47. The first-order valence-corrected chi connectivity index (χ1v) is 13.0. The van der Waals surface area contributed by atoms with Crippen molar-refractivity contribution in [2.45, 2.75) is 39.5 Å². The molecule has 0 atom stereocenters. The fourth-order valence-electron chi connectivity index (χ4n) is 3.58. The molecule has 196 valence electrons. The Labute approximate surface area is 230 Å². The van der Waals surface area contributed by atoms with E-state index in [-0.39, 0.29) is 23.5 Å². The molecule has 2 rings (SSSR count). The normalized spacial score (nSPS) is 10.1. The van der Waals surface area contributed by atoms with Gasteiger partial charge in [0.2, 0.25) is 0 Å². The van der Waals surface area contributed by atoms with Gasteiger partial charge in [0.25, 0.3) is 5.91 Å². The van der Waals surface area contributed by atoms with Crippen LogP contribution >= 0.6 is 23.2 Å². The second-order valence-electron chi connectivity index (χ2n) is 8.08. The van der Waals surface area contributed by atoms with Crippen LogP contribution in [0.2, 0.25) is 0 Å². The van der Waals surface area contributed by atoms with Crippen LogP contribution in [0.4, 0.5) is 0 Å². The SMILES string of the molecule is C#CCN(CC#C)C(=O)c1ccc(OCCCCOc2c(CC)cc(OCC=C(Cl)Cl)cc2CC)cc1. The summed E-state index contributed by atoms with van der Waals surface area (Å²) in [4.78, 5) is 14.0. The summed E-state index contributed by atoms with van der Waals surface area (Å²) in [5.74, 6) is 7.10. The molecule has 7 heteroatoms. The quantitative estimate of drug-likeness (QED) is 0.192. The maximum absolute atomic E-state index is 12.5. The third kappa shape index (κ3) is 9.96. The zero-order valence-electron chi connectivity index (χ0n) is 21.4. The van der Waals surface area contributed by atoms with E-state index in [1.165, 1.54) is 4.90 Å². The molecule has 0 aliphatic heterocycles. The van der Waals surface area contributed by atoms with Gasteiger partial charge in [-0.25, -0.2) is 0 Å². The highest BCUT2D eigenvalue weighted by molar-refractivity contribution is 6.55. The highest BCUT2D eigenvalue weighted by atomic mass is 35.5. The van der Waals surface area contributed by atoms with Gasteiger partial charge in [-0.15, -0.1) is 12.8 Å². The molecule has 0 aliphatic carbocycles. The fourth-order valence-corrected chi connectivity index (χ4v) is 3.71. The molecular formula is C30H33Cl2NO4. The lowest BCUT2D eigenvalue weighted by molar-refractivity contribution is 0.0796.